The summed E-state index contributed by atoms with van der Waals surface area (Å²) < 4.78 is 16.5. The van der Waals surface area contributed by atoms with Crippen molar-refractivity contribution in [2.24, 2.45) is 5.92 Å². The monoisotopic (exact) mass is 408 g/mol. The van der Waals surface area contributed by atoms with Crippen molar-refractivity contribution in [1.82, 2.24) is 0 Å². The molecule has 0 spiro atoms. The maximum absolute atomic E-state index is 13.5. The van der Waals surface area contributed by atoms with Crippen molar-refractivity contribution in [2.45, 2.75) is 32.1 Å². The highest BCUT2D eigenvalue weighted by Crippen LogP contribution is 2.37. The first-order valence-corrected chi connectivity index (χ1v) is 10.2. The number of amides is 1. The van der Waals surface area contributed by atoms with Gasteiger partial charge in [0.2, 0.25) is 5.91 Å². The van der Waals surface area contributed by atoms with Gasteiger partial charge in [0.05, 0.1) is 30.4 Å². The lowest BCUT2D eigenvalue weighted by molar-refractivity contribution is -0.125. The number of carbonyl (C=O) groups excluding carboxylic acids is 1. The van der Waals surface area contributed by atoms with Gasteiger partial charge in [0, 0.05) is 13.2 Å². The summed E-state index contributed by atoms with van der Waals surface area (Å²) in [6.45, 7) is 5.70. The van der Waals surface area contributed by atoms with E-state index in [1.807, 2.05) is 24.3 Å². The van der Waals surface area contributed by atoms with Gasteiger partial charge >= 0.3 is 0 Å². The molecule has 1 amide bonds. The highest BCUT2D eigenvalue weighted by atomic mass is 16.5. The molecule has 1 fully saturated rings. The van der Waals surface area contributed by atoms with Crippen LogP contribution >= 0.6 is 0 Å². The standard InChI is InChI=1S/C24H28N2O4/c1-17(2)16-30-21-8-9-22(18(14-21)15-25)26-23(27)24(10-12-29-13-11-24)19-4-6-20(28-3)7-5-19/h4-9,14,17H,10-13,16H2,1-3H3,(H,26,27). The molecule has 1 heterocycles. The number of benzene rings is 2. The molecule has 0 unspecified atom stereocenters. The van der Waals surface area contributed by atoms with Crippen LogP contribution in [0.5, 0.6) is 11.5 Å². The summed E-state index contributed by atoms with van der Waals surface area (Å²) in [5.41, 5.74) is 1.06. The van der Waals surface area contributed by atoms with Crippen LogP contribution in [0.25, 0.3) is 0 Å². The van der Waals surface area contributed by atoms with Crippen LogP contribution in [-0.4, -0.2) is 32.8 Å². The lowest BCUT2D eigenvalue weighted by Crippen LogP contribution is -2.45. The molecule has 2 aromatic rings. The van der Waals surface area contributed by atoms with Crippen LogP contribution in [0.2, 0.25) is 0 Å². The highest BCUT2D eigenvalue weighted by Gasteiger charge is 2.42. The van der Waals surface area contributed by atoms with Crippen LogP contribution in [0, 0.1) is 17.2 Å². The number of methoxy groups -OCH3 is 1. The maximum Gasteiger partial charge on any atom is 0.235 e. The number of carbonyl (C=O) groups is 1. The summed E-state index contributed by atoms with van der Waals surface area (Å²) in [6, 6.07) is 14.9. The van der Waals surface area contributed by atoms with Gasteiger partial charge in [-0.05, 0) is 54.7 Å². The normalized spacial score (nSPS) is 15.3. The van der Waals surface area contributed by atoms with Crippen LogP contribution in [0.4, 0.5) is 5.69 Å². The Labute approximate surface area is 177 Å². The average molecular weight is 408 g/mol. The third kappa shape index (κ3) is 4.74. The summed E-state index contributed by atoms with van der Waals surface area (Å²) in [5, 5.41) is 12.6. The molecule has 2 aromatic carbocycles. The van der Waals surface area contributed by atoms with Crippen LogP contribution in [-0.2, 0) is 14.9 Å². The van der Waals surface area contributed by atoms with E-state index < -0.39 is 5.41 Å². The average Bonchev–Trinajstić information content (AvgIpc) is 2.78. The summed E-state index contributed by atoms with van der Waals surface area (Å²) in [4.78, 5) is 13.5. The smallest absolute Gasteiger partial charge is 0.235 e. The second-order valence-corrected chi connectivity index (χ2v) is 7.90. The largest absolute Gasteiger partial charge is 0.497 e. The number of nitrogens with zero attached hydrogens (tertiary/aromatic N) is 1. The second-order valence-electron chi connectivity index (χ2n) is 7.90. The predicted octanol–water partition coefficient (Wildman–Crippen LogP) is 4.29. The molecule has 6 heteroatoms. The van der Waals surface area contributed by atoms with Gasteiger partial charge in [0.15, 0.2) is 0 Å². The molecule has 0 atom stereocenters. The summed E-state index contributed by atoms with van der Waals surface area (Å²) in [7, 11) is 1.61. The Morgan fingerprint density at radius 3 is 2.43 bits per heavy atom. The van der Waals surface area contributed by atoms with E-state index in [-0.39, 0.29) is 5.91 Å². The van der Waals surface area contributed by atoms with Crippen LogP contribution in [0.15, 0.2) is 42.5 Å². The second kappa shape index (κ2) is 9.64. The van der Waals surface area contributed by atoms with Crippen molar-refractivity contribution in [2.75, 3.05) is 32.2 Å². The number of rotatable bonds is 7. The van der Waals surface area contributed by atoms with Gasteiger partial charge in [0.25, 0.3) is 0 Å². The fourth-order valence-electron chi connectivity index (χ4n) is 3.60. The van der Waals surface area contributed by atoms with Crippen molar-refractivity contribution in [3.63, 3.8) is 0 Å². The Morgan fingerprint density at radius 1 is 1.17 bits per heavy atom. The van der Waals surface area contributed by atoms with Gasteiger partial charge in [-0.1, -0.05) is 26.0 Å². The molecule has 0 saturated carbocycles. The number of hydrogen-bond acceptors (Lipinski definition) is 5. The Morgan fingerprint density at radius 2 is 1.83 bits per heavy atom. The van der Waals surface area contributed by atoms with E-state index in [1.165, 1.54) is 0 Å². The van der Waals surface area contributed by atoms with Gasteiger partial charge in [-0.15, -0.1) is 0 Å². The quantitative estimate of drug-likeness (QED) is 0.739. The Balaban J connectivity index is 1.86. The topological polar surface area (TPSA) is 80.6 Å². The minimum absolute atomic E-state index is 0.136. The first kappa shape index (κ1) is 21.7. The molecular weight excluding hydrogens is 380 g/mol. The fraction of sp³-hybridized carbons (Fsp3) is 0.417. The lowest BCUT2D eigenvalue weighted by atomic mass is 9.73. The molecular formula is C24H28N2O4. The van der Waals surface area contributed by atoms with Gasteiger partial charge in [0.1, 0.15) is 17.6 Å². The molecule has 0 bridgehead atoms. The molecule has 0 radical (unpaired) electrons. The molecule has 1 aliphatic rings. The first-order chi connectivity index (χ1) is 14.5. The van der Waals surface area contributed by atoms with Crippen molar-refractivity contribution in [3.05, 3.63) is 53.6 Å². The van der Waals surface area contributed by atoms with Crippen LogP contribution < -0.4 is 14.8 Å². The van der Waals surface area contributed by atoms with Crippen molar-refractivity contribution < 1.29 is 19.0 Å². The zero-order chi connectivity index (χ0) is 21.6. The van der Waals surface area contributed by atoms with E-state index in [4.69, 9.17) is 14.2 Å². The number of ether oxygens (including phenoxy) is 3. The zero-order valence-electron chi connectivity index (χ0n) is 17.7. The molecule has 1 aliphatic heterocycles. The lowest BCUT2D eigenvalue weighted by Gasteiger charge is -2.36. The van der Waals surface area contributed by atoms with E-state index >= 15 is 0 Å². The molecule has 1 N–H and O–H groups in total. The molecule has 0 aliphatic carbocycles. The van der Waals surface area contributed by atoms with E-state index in [0.717, 1.165) is 11.3 Å². The van der Waals surface area contributed by atoms with Crippen LogP contribution in [0.3, 0.4) is 0 Å². The Bertz CT molecular complexity index is 910. The van der Waals surface area contributed by atoms with Crippen molar-refractivity contribution in [1.29, 1.82) is 5.26 Å². The summed E-state index contributed by atoms with van der Waals surface area (Å²) in [5.74, 6) is 1.61. The molecule has 3 rings (SSSR count). The number of anilines is 1. The SMILES string of the molecule is COc1ccc(C2(C(=O)Nc3ccc(OCC(C)C)cc3C#N)CCOCC2)cc1. The summed E-state index contributed by atoms with van der Waals surface area (Å²) in [6.07, 6.45) is 1.14. The molecule has 6 nitrogen and oxygen atoms in total. The van der Waals surface area contributed by atoms with E-state index in [1.54, 1.807) is 25.3 Å². The Kier molecular flexibility index (Phi) is 6.96. The molecule has 0 aromatic heterocycles. The molecule has 158 valence electrons. The number of nitriles is 1. The third-order valence-corrected chi connectivity index (χ3v) is 5.37. The fourth-order valence-corrected chi connectivity index (χ4v) is 3.60. The van der Waals surface area contributed by atoms with Crippen molar-refractivity contribution >= 4 is 11.6 Å². The van der Waals surface area contributed by atoms with E-state index in [2.05, 4.69) is 25.2 Å². The minimum atomic E-state index is -0.718. The first-order valence-electron chi connectivity index (χ1n) is 10.2. The van der Waals surface area contributed by atoms with Crippen LogP contribution in [0.1, 0.15) is 37.8 Å². The Hall–Kier alpha value is -3.04. The third-order valence-electron chi connectivity index (χ3n) is 5.37. The van der Waals surface area contributed by atoms with Gasteiger partial charge in [-0.3, -0.25) is 4.79 Å². The van der Waals surface area contributed by atoms with E-state index in [0.29, 0.717) is 55.6 Å². The minimum Gasteiger partial charge on any atom is -0.497 e. The van der Waals surface area contributed by atoms with Gasteiger partial charge < -0.3 is 19.5 Å². The molecule has 1 saturated heterocycles. The molecule has 30 heavy (non-hydrogen) atoms. The predicted molar refractivity (Wildman–Crippen MR) is 115 cm³/mol. The van der Waals surface area contributed by atoms with Crippen molar-refractivity contribution in [3.8, 4) is 17.6 Å². The van der Waals surface area contributed by atoms with Gasteiger partial charge in [-0.25, -0.2) is 0 Å². The summed E-state index contributed by atoms with van der Waals surface area (Å²) >= 11 is 0. The van der Waals surface area contributed by atoms with E-state index in [9.17, 15) is 10.1 Å². The highest BCUT2D eigenvalue weighted by molar-refractivity contribution is 6.00. The maximum atomic E-state index is 13.5. The number of hydrogen-bond donors (Lipinski definition) is 1. The zero-order valence-corrected chi connectivity index (χ0v) is 17.7. The van der Waals surface area contributed by atoms with Gasteiger partial charge in [-0.2, -0.15) is 5.26 Å². The number of nitrogens with one attached hydrogen (secondary N) is 1.